The molecule has 0 N–H and O–H groups in total. The number of aryl methyl sites for hydroxylation is 1. The largest absolute Gasteiger partial charge is 1.00 e. The number of hydrogen-bond donors (Lipinski definition) is 0. The Morgan fingerprint density at radius 1 is 0.826 bits per heavy atom. The molecule has 0 aromatic heterocycles. The minimum atomic E-state index is -4.42. The van der Waals surface area contributed by atoms with E-state index in [1.807, 2.05) is 25.1 Å². The maximum Gasteiger partial charge on any atom is 1.00 e. The smallest absolute Gasteiger partial charge is 0.744 e. The van der Waals surface area contributed by atoms with E-state index in [2.05, 4.69) is 24.3 Å². The van der Waals surface area contributed by atoms with Crippen molar-refractivity contribution in [1.82, 2.24) is 0 Å². The van der Waals surface area contributed by atoms with Crippen molar-refractivity contribution < 1.29 is 42.5 Å². The van der Waals surface area contributed by atoms with E-state index >= 15 is 0 Å². The Morgan fingerprint density at radius 2 is 1.43 bits per heavy atom. The first kappa shape index (κ1) is 18.2. The fourth-order valence-corrected chi connectivity index (χ4v) is 2.99. The summed E-state index contributed by atoms with van der Waals surface area (Å²) in [7, 11) is -4.42. The monoisotopic (exact) mass is 334 g/mol. The second-order valence-electron chi connectivity index (χ2n) is 5.46. The molecule has 0 heterocycles. The van der Waals surface area contributed by atoms with Crippen molar-refractivity contribution in [3.63, 3.8) is 0 Å². The van der Waals surface area contributed by atoms with Gasteiger partial charge in [0.2, 0.25) is 0 Å². The molecule has 0 fully saturated rings. The second kappa shape index (κ2) is 7.16. The topological polar surface area (TPSA) is 57.2 Å². The first-order chi connectivity index (χ1) is 10.4. The summed E-state index contributed by atoms with van der Waals surface area (Å²) < 4.78 is 33.4. The molecule has 5 heteroatoms. The van der Waals surface area contributed by atoms with Crippen LogP contribution >= 0.6 is 0 Å². The van der Waals surface area contributed by atoms with Crippen molar-refractivity contribution in [3.8, 4) is 0 Å². The van der Waals surface area contributed by atoms with Crippen LogP contribution in [-0.2, 0) is 16.5 Å². The van der Waals surface area contributed by atoms with E-state index < -0.39 is 10.1 Å². The van der Waals surface area contributed by atoms with Crippen molar-refractivity contribution in [2.24, 2.45) is 0 Å². The summed E-state index contributed by atoms with van der Waals surface area (Å²) in [6.45, 7) is 2.05. The van der Waals surface area contributed by atoms with Gasteiger partial charge in [-0.25, -0.2) is 8.42 Å². The van der Waals surface area contributed by atoms with Gasteiger partial charge in [0.1, 0.15) is 10.1 Å². The third-order valence-electron chi connectivity index (χ3n) is 3.69. The van der Waals surface area contributed by atoms with Gasteiger partial charge in [-0.3, -0.25) is 0 Å². The van der Waals surface area contributed by atoms with Crippen LogP contribution in [0.2, 0.25) is 0 Å². The van der Waals surface area contributed by atoms with Gasteiger partial charge in [0, 0.05) is 0 Å². The Balaban J connectivity index is 0.00000192. The molecule has 23 heavy (non-hydrogen) atoms. The Labute approximate surface area is 158 Å². The molecule has 3 aromatic rings. The van der Waals surface area contributed by atoms with E-state index in [0.29, 0.717) is 0 Å². The molecule has 0 atom stereocenters. The van der Waals surface area contributed by atoms with Gasteiger partial charge in [0.05, 0.1) is 4.90 Å². The van der Waals surface area contributed by atoms with Crippen LogP contribution in [0.15, 0.2) is 65.6 Å². The maximum atomic E-state index is 11.1. The number of fused-ring (bicyclic) bond motifs is 1. The van der Waals surface area contributed by atoms with E-state index in [-0.39, 0.29) is 34.5 Å². The van der Waals surface area contributed by atoms with Crippen LogP contribution in [-0.4, -0.2) is 13.0 Å². The Kier molecular flexibility index (Phi) is 5.65. The van der Waals surface area contributed by atoms with Crippen LogP contribution in [0.25, 0.3) is 10.8 Å². The van der Waals surface area contributed by atoms with Crippen molar-refractivity contribution in [1.29, 1.82) is 0 Å². The number of hydrogen-bond acceptors (Lipinski definition) is 3. The zero-order valence-corrected chi connectivity index (χ0v) is 15.9. The molecule has 0 aliphatic carbocycles. The van der Waals surface area contributed by atoms with Crippen LogP contribution in [0.5, 0.6) is 0 Å². The van der Waals surface area contributed by atoms with Gasteiger partial charge >= 0.3 is 29.6 Å². The summed E-state index contributed by atoms with van der Waals surface area (Å²) in [5.74, 6) is 0. The molecule has 112 valence electrons. The Morgan fingerprint density at radius 3 is 2.09 bits per heavy atom. The van der Waals surface area contributed by atoms with Gasteiger partial charge in [0.15, 0.2) is 0 Å². The van der Waals surface area contributed by atoms with E-state index in [9.17, 15) is 13.0 Å². The second-order valence-corrected chi connectivity index (χ2v) is 6.84. The molecular weight excluding hydrogens is 319 g/mol. The van der Waals surface area contributed by atoms with Crippen LogP contribution in [0.4, 0.5) is 0 Å². The summed E-state index contributed by atoms with van der Waals surface area (Å²) in [5.41, 5.74) is 3.49. The molecule has 0 aliphatic heterocycles. The summed E-state index contributed by atoms with van der Waals surface area (Å²) in [6.07, 6.45) is 0.768. The predicted octanol–water partition coefficient (Wildman–Crippen LogP) is 0.647. The van der Waals surface area contributed by atoms with Gasteiger partial charge < -0.3 is 4.55 Å². The van der Waals surface area contributed by atoms with E-state index in [0.717, 1.165) is 22.8 Å². The maximum absolute atomic E-state index is 11.1. The minimum absolute atomic E-state index is 0. The van der Waals surface area contributed by atoms with E-state index in [1.165, 1.54) is 23.3 Å². The van der Waals surface area contributed by atoms with Crippen LogP contribution in [0.3, 0.4) is 0 Å². The summed E-state index contributed by atoms with van der Waals surface area (Å²) in [5, 5.41) is 1.68. The van der Waals surface area contributed by atoms with Gasteiger partial charge in [0.25, 0.3) is 0 Å². The first-order valence-electron chi connectivity index (χ1n) is 6.96. The van der Waals surface area contributed by atoms with Gasteiger partial charge in [-0.15, -0.1) is 0 Å². The van der Waals surface area contributed by atoms with Crippen LogP contribution < -0.4 is 29.6 Å². The SMILES string of the molecule is Cc1ccc(Cc2ccc3ccc(S(=O)(=O)[O-])cc3c2)cc1.[Na+]. The van der Waals surface area contributed by atoms with Crippen molar-refractivity contribution in [2.75, 3.05) is 0 Å². The quantitative estimate of drug-likeness (QED) is 0.522. The zero-order valence-electron chi connectivity index (χ0n) is 13.1. The molecule has 0 spiro atoms. The van der Waals surface area contributed by atoms with E-state index in [4.69, 9.17) is 0 Å². The van der Waals surface area contributed by atoms with Crippen molar-refractivity contribution >= 4 is 20.9 Å². The summed E-state index contributed by atoms with van der Waals surface area (Å²) in [6, 6.07) is 18.7. The molecule has 3 nitrogen and oxygen atoms in total. The fourth-order valence-electron chi connectivity index (χ4n) is 2.48. The third kappa shape index (κ3) is 4.43. The van der Waals surface area contributed by atoms with Crippen molar-refractivity contribution in [2.45, 2.75) is 18.2 Å². The first-order valence-corrected chi connectivity index (χ1v) is 8.37. The van der Waals surface area contributed by atoms with Gasteiger partial charge in [-0.2, -0.15) is 0 Å². The number of benzene rings is 3. The molecular formula is C18H15NaO3S. The standard InChI is InChI=1S/C18H16O3S.Na/c1-13-2-4-14(5-3-13)10-15-6-7-16-8-9-18(22(19,20)21)12-17(16)11-15;/h2-9,11-12H,10H2,1H3,(H,19,20,21);/q;+1/p-1. The molecule has 0 amide bonds. The molecule has 3 aromatic carbocycles. The fraction of sp³-hybridized carbons (Fsp3) is 0.111. The normalized spacial score (nSPS) is 11.2. The average molecular weight is 334 g/mol. The zero-order chi connectivity index (χ0) is 15.7. The molecule has 0 radical (unpaired) electrons. The molecule has 0 saturated carbocycles. The van der Waals surface area contributed by atoms with Crippen molar-refractivity contribution in [3.05, 3.63) is 77.4 Å². The predicted molar refractivity (Wildman–Crippen MR) is 85.9 cm³/mol. The molecule has 0 saturated heterocycles. The summed E-state index contributed by atoms with van der Waals surface area (Å²) in [4.78, 5) is -0.188. The Hall–Kier alpha value is -1.17. The van der Waals surface area contributed by atoms with Gasteiger partial charge in [-0.05, 0) is 47.4 Å². The van der Waals surface area contributed by atoms with Crippen LogP contribution in [0, 0.1) is 6.92 Å². The Bertz CT molecular complexity index is 932. The van der Waals surface area contributed by atoms with Gasteiger partial charge in [-0.1, -0.05) is 54.1 Å². The minimum Gasteiger partial charge on any atom is -0.744 e. The average Bonchev–Trinajstić information content (AvgIpc) is 2.48. The molecule has 0 unspecified atom stereocenters. The molecule has 0 aliphatic rings. The summed E-state index contributed by atoms with van der Waals surface area (Å²) >= 11 is 0. The molecule has 3 rings (SSSR count). The third-order valence-corrected chi connectivity index (χ3v) is 4.52. The number of rotatable bonds is 3. The van der Waals surface area contributed by atoms with Crippen LogP contribution in [0.1, 0.15) is 16.7 Å². The van der Waals surface area contributed by atoms with E-state index in [1.54, 1.807) is 6.07 Å². The molecule has 0 bridgehead atoms.